The van der Waals surface area contributed by atoms with Crippen molar-refractivity contribution in [3.63, 3.8) is 0 Å². The Morgan fingerprint density at radius 2 is 1.81 bits per heavy atom. The normalized spacial score (nSPS) is 26.4. The molecule has 1 amide bonds. The molecule has 0 aromatic carbocycles. The number of amides is 1. The minimum atomic E-state index is -2.71. The number of nitrogens with one attached hydrogen (secondary N) is 1. The van der Waals surface area contributed by atoms with Crippen LogP contribution < -0.4 is 5.32 Å². The molecule has 0 bridgehead atoms. The van der Waals surface area contributed by atoms with E-state index in [2.05, 4.69) is 5.32 Å². The van der Waals surface area contributed by atoms with Gasteiger partial charge < -0.3 is 10.2 Å². The largest absolute Gasteiger partial charge is 0.339 e. The Kier molecular flexibility index (Phi) is 5.14. The third-order valence-corrected chi connectivity index (χ3v) is 4.48. The molecule has 0 radical (unpaired) electrons. The molecule has 2 atom stereocenters. The molecule has 21 heavy (non-hydrogen) atoms. The van der Waals surface area contributed by atoms with Crippen molar-refractivity contribution in [2.75, 3.05) is 32.7 Å². The predicted octanol–water partition coefficient (Wildman–Crippen LogP) is 1.47. The molecule has 2 aliphatic rings. The third-order valence-electron chi connectivity index (χ3n) is 4.48. The molecule has 0 saturated carbocycles. The summed E-state index contributed by atoms with van der Waals surface area (Å²) in [4.78, 5) is 15.3. The molecule has 122 valence electrons. The van der Waals surface area contributed by atoms with Crippen LogP contribution in [0.15, 0.2) is 0 Å². The van der Waals surface area contributed by atoms with Gasteiger partial charge in [0.2, 0.25) is 12.3 Å². The first-order chi connectivity index (χ1) is 9.84. The van der Waals surface area contributed by atoms with Gasteiger partial charge >= 0.3 is 0 Å². The number of hydrogen-bond acceptors (Lipinski definition) is 3. The summed E-state index contributed by atoms with van der Waals surface area (Å²) >= 11 is 0. The van der Waals surface area contributed by atoms with E-state index in [0.29, 0.717) is 26.2 Å². The zero-order valence-electron chi connectivity index (χ0n) is 12.6. The number of carbonyl (C=O) groups excluding carboxylic acids is 1. The Morgan fingerprint density at radius 3 is 2.29 bits per heavy atom. The van der Waals surface area contributed by atoms with E-state index in [1.54, 1.807) is 4.90 Å². The van der Waals surface area contributed by atoms with Gasteiger partial charge in [-0.05, 0) is 19.4 Å². The molecule has 0 spiro atoms. The number of piperazine rings is 1. The molecule has 0 aromatic heterocycles. The Hall–Kier alpha value is -0.820. The SMILES string of the molecule is CC(C)(C(F)F)C(F)N1CCN(C(=O)C2CCCN2)CC1. The van der Waals surface area contributed by atoms with Crippen molar-refractivity contribution in [2.45, 2.75) is 45.5 Å². The minimum absolute atomic E-state index is 0.0516. The summed E-state index contributed by atoms with van der Waals surface area (Å²) in [6, 6.07) is -0.129. The molecular formula is C14H24F3N3O. The van der Waals surface area contributed by atoms with E-state index in [1.807, 2.05) is 0 Å². The third kappa shape index (κ3) is 3.51. The van der Waals surface area contributed by atoms with Gasteiger partial charge in [0, 0.05) is 26.2 Å². The lowest BCUT2D eigenvalue weighted by molar-refractivity contribution is -0.140. The maximum absolute atomic E-state index is 14.3. The van der Waals surface area contributed by atoms with Gasteiger partial charge in [0.15, 0.2) is 6.30 Å². The minimum Gasteiger partial charge on any atom is -0.339 e. The van der Waals surface area contributed by atoms with Gasteiger partial charge in [-0.15, -0.1) is 0 Å². The van der Waals surface area contributed by atoms with Crippen molar-refractivity contribution in [1.82, 2.24) is 15.1 Å². The maximum atomic E-state index is 14.3. The molecule has 1 N–H and O–H groups in total. The van der Waals surface area contributed by atoms with E-state index >= 15 is 0 Å². The molecule has 0 aromatic rings. The summed E-state index contributed by atoms with van der Waals surface area (Å²) in [5.74, 6) is 0.0516. The van der Waals surface area contributed by atoms with Crippen LogP contribution in [0.1, 0.15) is 26.7 Å². The van der Waals surface area contributed by atoms with Crippen LogP contribution in [0.5, 0.6) is 0 Å². The quantitative estimate of drug-likeness (QED) is 0.799. The first kappa shape index (κ1) is 16.5. The molecule has 0 aliphatic carbocycles. The van der Waals surface area contributed by atoms with Crippen molar-refractivity contribution in [3.05, 3.63) is 0 Å². The summed E-state index contributed by atoms with van der Waals surface area (Å²) in [6.07, 6.45) is -2.58. The van der Waals surface area contributed by atoms with Crippen LogP contribution in [-0.2, 0) is 4.79 Å². The highest BCUT2D eigenvalue weighted by Crippen LogP contribution is 2.33. The smallest absolute Gasteiger partial charge is 0.247 e. The molecule has 2 heterocycles. The molecule has 4 nitrogen and oxygen atoms in total. The zero-order chi connectivity index (χ0) is 15.6. The number of carbonyl (C=O) groups is 1. The van der Waals surface area contributed by atoms with Gasteiger partial charge in [0.1, 0.15) is 0 Å². The van der Waals surface area contributed by atoms with Gasteiger partial charge in [0.25, 0.3) is 0 Å². The van der Waals surface area contributed by atoms with Gasteiger partial charge in [-0.3, -0.25) is 9.69 Å². The monoisotopic (exact) mass is 307 g/mol. The molecule has 2 rings (SSSR count). The molecule has 2 unspecified atom stereocenters. The number of nitrogens with zero attached hydrogens (tertiary/aromatic N) is 2. The lowest BCUT2D eigenvalue weighted by Gasteiger charge is -2.41. The van der Waals surface area contributed by atoms with Gasteiger partial charge in [-0.2, -0.15) is 0 Å². The van der Waals surface area contributed by atoms with Crippen molar-refractivity contribution < 1.29 is 18.0 Å². The number of halogens is 3. The fourth-order valence-electron chi connectivity index (χ4n) is 2.86. The van der Waals surface area contributed by atoms with Crippen LogP contribution in [0.2, 0.25) is 0 Å². The van der Waals surface area contributed by atoms with Crippen molar-refractivity contribution in [2.24, 2.45) is 5.41 Å². The Bertz CT molecular complexity index is 364. The van der Waals surface area contributed by atoms with Crippen molar-refractivity contribution in [1.29, 1.82) is 0 Å². The Labute approximate surface area is 123 Å². The fraction of sp³-hybridized carbons (Fsp3) is 0.929. The first-order valence-electron chi connectivity index (χ1n) is 7.52. The van der Waals surface area contributed by atoms with E-state index in [9.17, 15) is 18.0 Å². The number of hydrogen-bond donors (Lipinski definition) is 1. The summed E-state index contributed by atoms with van der Waals surface area (Å²) < 4.78 is 40.1. The van der Waals surface area contributed by atoms with Crippen LogP contribution in [0.4, 0.5) is 13.2 Å². The second-order valence-corrected chi connectivity index (χ2v) is 6.47. The second-order valence-electron chi connectivity index (χ2n) is 6.47. The van der Waals surface area contributed by atoms with Gasteiger partial charge in [-0.25, -0.2) is 13.2 Å². The van der Waals surface area contributed by atoms with Crippen LogP contribution >= 0.6 is 0 Å². The van der Waals surface area contributed by atoms with Crippen LogP contribution in [0.3, 0.4) is 0 Å². The summed E-state index contributed by atoms with van der Waals surface area (Å²) in [5, 5.41) is 3.15. The Balaban J connectivity index is 1.86. The van der Waals surface area contributed by atoms with Crippen molar-refractivity contribution >= 4 is 5.91 Å². The maximum Gasteiger partial charge on any atom is 0.247 e. The van der Waals surface area contributed by atoms with Crippen molar-refractivity contribution in [3.8, 4) is 0 Å². The highest BCUT2D eigenvalue weighted by molar-refractivity contribution is 5.82. The average Bonchev–Trinajstić information content (AvgIpc) is 3.00. The van der Waals surface area contributed by atoms with Gasteiger partial charge in [-0.1, -0.05) is 13.8 Å². The van der Waals surface area contributed by atoms with E-state index in [-0.39, 0.29) is 11.9 Å². The summed E-state index contributed by atoms with van der Waals surface area (Å²) in [6.45, 7) is 4.73. The average molecular weight is 307 g/mol. The van der Waals surface area contributed by atoms with Crippen LogP contribution in [-0.4, -0.2) is 67.2 Å². The molecule has 2 aliphatic heterocycles. The number of alkyl halides is 3. The van der Waals surface area contributed by atoms with E-state index in [1.165, 1.54) is 18.7 Å². The van der Waals surface area contributed by atoms with E-state index in [0.717, 1.165) is 19.4 Å². The predicted molar refractivity (Wildman–Crippen MR) is 73.9 cm³/mol. The highest BCUT2D eigenvalue weighted by atomic mass is 19.3. The van der Waals surface area contributed by atoms with Crippen LogP contribution in [0, 0.1) is 5.41 Å². The standard InChI is InChI=1S/C14H24F3N3O/c1-14(2,12(15)16)13(17)20-8-6-19(7-9-20)11(21)10-4-3-5-18-10/h10,12-13,18H,3-9H2,1-2H3. The lowest BCUT2D eigenvalue weighted by atomic mass is 9.91. The molecular weight excluding hydrogens is 283 g/mol. The zero-order valence-corrected chi connectivity index (χ0v) is 12.6. The summed E-state index contributed by atoms with van der Waals surface area (Å²) in [5.41, 5.74) is -1.70. The topological polar surface area (TPSA) is 35.6 Å². The van der Waals surface area contributed by atoms with E-state index < -0.39 is 18.1 Å². The highest BCUT2D eigenvalue weighted by Gasteiger charge is 2.43. The van der Waals surface area contributed by atoms with E-state index in [4.69, 9.17) is 0 Å². The molecule has 2 fully saturated rings. The van der Waals surface area contributed by atoms with Gasteiger partial charge in [0.05, 0.1) is 11.5 Å². The molecule has 2 saturated heterocycles. The molecule has 7 heteroatoms. The Morgan fingerprint density at radius 1 is 1.19 bits per heavy atom. The summed E-state index contributed by atoms with van der Waals surface area (Å²) in [7, 11) is 0. The second kappa shape index (κ2) is 6.52. The fourth-order valence-corrected chi connectivity index (χ4v) is 2.86. The van der Waals surface area contributed by atoms with Crippen LogP contribution in [0.25, 0.3) is 0 Å². The first-order valence-corrected chi connectivity index (χ1v) is 7.52. The lowest BCUT2D eigenvalue weighted by Crippen LogP contribution is -2.57. The number of rotatable bonds is 4.